The Balaban J connectivity index is 0.000000210. The molecule has 2 aliphatic rings. The van der Waals surface area contributed by atoms with Gasteiger partial charge in [-0.1, -0.05) is 52.3 Å². The van der Waals surface area contributed by atoms with Gasteiger partial charge in [-0.3, -0.25) is 14.9 Å². The summed E-state index contributed by atoms with van der Waals surface area (Å²) in [7, 11) is 6.83. The first-order chi connectivity index (χ1) is 27.4. The van der Waals surface area contributed by atoms with Crippen LogP contribution in [0, 0.1) is 13.8 Å². The zero-order valence-corrected chi connectivity index (χ0v) is 35.2. The smallest absolute Gasteiger partial charge is 0.339 e. The third kappa shape index (κ3) is 13.4. The molecule has 0 aliphatic carbocycles. The van der Waals surface area contributed by atoms with Crippen molar-refractivity contribution in [2.75, 3.05) is 90.9 Å². The Morgan fingerprint density at radius 1 is 0.667 bits per heavy atom. The number of rotatable bonds is 7. The number of amides is 4. The first-order valence-electron chi connectivity index (χ1n) is 18.7. The number of nitrogens with zero attached hydrogens (tertiary/aromatic N) is 7. The molecule has 2 fully saturated rings. The number of para-hydroxylation sites is 2. The molecule has 0 unspecified atom stereocenters. The molecule has 0 radical (unpaired) electrons. The van der Waals surface area contributed by atoms with Crippen molar-refractivity contribution in [2.24, 2.45) is 0 Å². The number of piperazine rings is 2. The molecule has 0 saturated carbocycles. The van der Waals surface area contributed by atoms with Crippen molar-refractivity contribution >= 4 is 51.3 Å². The van der Waals surface area contributed by atoms with Crippen molar-refractivity contribution in [1.29, 1.82) is 0 Å². The fourth-order valence-electron chi connectivity index (χ4n) is 5.87. The molecule has 1 N–H and O–H groups in total. The standard InChI is InChI=1S/C21H26N4O3.C13H19N3O.C8H8BrNO2/c1-16-6-4-5-7-19(16)25(21(27)24-12-10-23(2)11-13-24)15-18-9-8-17(14-22-18)20(26)28-3;1-11-5-3-4-6-12(11)14-13(17)16-9-7-15(2)8-10-16;1-12-8(11)6-2-3-7(4-9)10-5-6/h4-9,14H,10-13,15H2,1-3H3;3-6H,7-10H2,1-2H3,(H,14,17);2-3,5H,4H2,1H3. The number of urea groups is 2. The Bertz CT molecular complexity index is 1910. The second-order valence-electron chi connectivity index (χ2n) is 13.7. The lowest BCUT2D eigenvalue weighted by Gasteiger charge is -2.36. The van der Waals surface area contributed by atoms with E-state index in [0.29, 0.717) is 41.8 Å². The number of benzene rings is 2. The van der Waals surface area contributed by atoms with Gasteiger partial charge in [-0.15, -0.1) is 0 Å². The van der Waals surface area contributed by atoms with Crippen LogP contribution in [0.25, 0.3) is 0 Å². The molecule has 57 heavy (non-hydrogen) atoms. The van der Waals surface area contributed by atoms with Gasteiger partial charge in [0.2, 0.25) is 0 Å². The molecule has 15 heteroatoms. The summed E-state index contributed by atoms with van der Waals surface area (Å²) < 4.78 is 9.23. The van der Waals surface area contributed by atoms with E-state index >= 15 is 0 Å². The molecule has 304 valence electrons. The third-order valence-corrected chi connectivity index (χ3v) is 10.1. The van der Waals surface area contributed by atoms with Crippen LogP contribution in [0.3, 0.4) is 0 Å². The van der Waals surface area contributed by atoms with Crippen molar-refractivity contribution in [3.8, 4) is 0 Å². The second kappa shape index (κ2) is 22.4. The molecule has 4 aromatic rings. The molecule has 14 nitrogen and oxygen atoms in total. The van der Waals surface area contributed by atoms with Crippen LogP contribution in [0.1, 0.15) is 43.2 Å². The summed E-state index contributed by atoms with van der Waals surface area (Å²) in [6, 6.07) is 22.6. The number of hydrogen-bond acceptors (Lipinski definition) is 10. The minimum Gasteiger partial charge on any atom is -0.465 e. The highest BCUT2D eigenvalue weighted by atomic mass is 79.9. The number of methoxy groups -OCH3 is 2. The Labute approximate surface area is 343 Å². The molecular formula is C42H53BrN8O6. The number of halogens is 1. The van der Waals surface area contributed by atoms with Crippen LogP contribution in [0.5, 0.6) is 0 Å². The van der Waals surface area contributed by atoms with E-state index in [4.69, 9.17) is 4.74 Å². The largest absolute Gasteiger partial charge is 0.465 e. The lowest BCUT2D eigenvalue weighted by Crippen LogP contribution is -2.52. The number of aryl methyl sites for hydroxylation is 2. The maximum absolute atomic E-state index is 13.3. The van der Waals surface area contributed by atoms with Crippen molar-refractivity contribution < 1.29 is 28.7 Å². The normalized spacial score (nSPS) is 14.2. The lowest BCUT2D eigenvalue weighted by molar-refractivity contribution is 0.0591. The zero-order chi connectivity index (χ0) is 41.3. The molecule has 0 spiro atoms. The predicted octanol–water partition coefficient (Wildman–Crippen LogP) is 6.09. The Hall–Kier alpha value is -5.38. The SMILES string of the molecule is COC(=O)c1ccc(CBr)nc1.COC(=O)c1ccc(CN(C(=O)N2CCN(C)CC2)c2ccccc2C)nc1.Cc1ccccc1NC(=O)N1CCN(C)CC1. The van der Waals surface area contributed by atoms with Crippen molar-refractivity contribution in [1.82, 2.24) is 29.6 Å². The summed E-state index contributed by atoms with van der Waals surface area (Å²) in [5.41, 5.74) is 6.34. The number of likely N-dealkylation sites (N-methyl/N-ethyl adjacent to an activating group) is 2. The zero-order valence-electron chi connectivity index (χ0n) is 33.6. The molecule has 4 heterocycles. The van der Waals surface area contributed by atoms with Gasteiger partial charge in [0.15, 0.2) is 0 Å². The van der Waals surface area contributed by atoms with Crippen LogP contribution in [0.4, 0.5) is 21.0 Å². The van der Waals surface area contributed by atoms with Gasteiger partial charge in [0.1, 0.15) is 0 Å². The van der Waals surface area contributed by atoms with Gasteiger partial charge in [0, 0.05) is 81.5 Å². The van der Waals surface area contributed by atoms with E-state index in [2.05, 4.69) is 59.8 Å². The molecule has 2 aliphatic heterocycles. The van der Waals surface area contributed by atoms with E-state index in [1.807, 2.05) is 72.2 Å². The van der Waals surface area contributed by atoms with Gasteiger partial charge in [0.25, 0.3) is 0 Å². The quantitative estimate of drug-likeness (QED) is 0.172. The number of alkyl halides is 1. The topological polar surface area (TPSA) is 141 Å². The van der Waals surface area contributed by atoms with Crippen LogP contribution in [0.2, 0.25) is 0 Å². The maximum Gasteiger partial charge on any atom is 0.339 e. The van der Waals surface area contributed by atoms with Crippen molar-refractivity contribution in [3.63, 3.8) is 0 Å². The van der Waals surface area contributed by atoms with Gasteiger partial charge >= 0.3 is 24.0 Å². The maximum atomic E-state index is 13.3. The van der Waals surface area contributed by atoms with Crippen LogP contribution in [0.15, 0.2) is 85.2 Å². The fourth-order valence-corrected chi connectivity index (χ4v) is 6.20. The first-order valence-corrected chi connectivity index (χ1v) is 19.8. The van der Waals surface area contributed by atoms with Gasteiger partial charge in [-0.2, -0.15) is 0 Å². The minimum atomic E-state index is -0.427. The molecule has 6 rings (SSSR count). The first kappa shape index (κ1) is 44.3. The number of carbonyl (C=O) groups is 4. The lowest BCUT2D eigenvalue weighted by atomic mass is 10.1. The molecule has 2 saturated heterocycles. The molecule has 0 bridgehead atoms. The van der Waals surface area contributed by atoms with E-state index in [-0.39, 0.29) is 18.0 Å². The van der Waals surface area contributed by atoms with E-state index in [9.17, 15) is 19.2 Å². The van der Waals surface area contributed by atoms with E-state index in [1.54, 1.807) is 29.2 Å². The second-order valence-corrected chi connectivity index (χ2v) is 14.2. The van der Waals surface area contributed by atoms with Crippen molar-refractivity contribution in [3.05, 3.63) is 119 Å². The Morgan fingerprint density at radius 2 is 1.16 bits per heavy atom. The van der Waals surface area contributed by atoms with E-state index in [0.717, 1.165) is 67.5 Å². The number of carbonyl (C=O) groups excluding carboxylic acids is 4. The predicted molar refractivity (Wildman–Crippen MR) is 225 cm³/mol. The van der Waals surface area contributed by atoms with Gasteiger partial charge in [-0.05, 0) is 75.5 Å². The van der Waals surface area contributed by atoms with Gasteiger partial charge in [0.05, 0.1) is 43.3 Å². The number of ether oxygens (including phenoxy) is 2. The molecule has 2 aromatic heterocycles. The van der Waals surface area contributed by atoms with Gasteiger partial charge < -0.3 is 34.4 Å². The number of pyridine rings is 2. The summed E-state index contributed by atoms with van der Waals surface area (Å²) in [4.78, 5) is 66.2. The molecule has 0 atom stereocenters. The van der Waals surface area contributed by atoms with E-state index in [1.165, 1.54) is 26.6 Å². The summed E-state index contributed by atoms with van der Waals surface area (Å²) in [5, 5.41) is 3.65. The highest BCUT2D eigenvalue weighted by Gasteiger charge is 2.27. The van der Waals surface area contributed by atoms with Crippen LogP contribution >= 0.6 is 15.9 Å². The fraction of sp³-hybridized carbons (Fsp3) is 0.381. The van der Waals surface area contributed by atoms with Crippen LogP contribution < -0.4 is 10.2 Å². The number of aromatic nitrogens is 2. The monoisotopic (exact) mass is 844 g/mol. The van der Waals surface area contributed by atoms with Gasteiger partial charge in [-0.25, -0.2) is 19.2 Å². The number of hydrogen-bond donors (Lipinski definition) is 1. The summed E-state index contributed by atoms with van der Waals surface area (Å²) in [5.74, 6) is -0.785. The molecule has 4 amide bonds. The molecular weight excluding hydrogens is 792 g/mol. The highest BCUT2D eigenvalue weighted by Crippen LogP contribution is 2.24. The average molecular weight is 846 g/mol. The summed E-state index contributed by atoms with van der Waals surface area (Å²) in [6.07, 6.45) is 2.99. The minimum absolute atomic E-state index is 0.00685. The van der Waals surface area contributed by atoms with Crippen LogP contribution in [-0.2, 0) is 21.3 Å². The average Bonchev–Trinajstić information content (AvgIpc) is 3.24. The summed E-state index contributed by atoms with van der Waals surface area (Å²) >= 11 is 3.26. The van der Waals surface area contributed by atoms with E-state index < -0.39 is 5.97 Å². The number of anilines is 2. The van der Waals surface area contributed by atoms with Crippen LogP contribution in [-0.4, -0.2) is 134 Å². The Kier molecular flexibility index (Phi) is 17.4. The third-order valence-electron chi connectivity index (χ3n) is 9.54. The van der Waals surface area contributed by atoms with Crippen molar-refractivity contribution in [2.45, 2.75) is 25.7 Å². The number of nitrogens with one attached hydrogen (secondary N) is 1. The number of esters is 2. The Morgan fingerprint density at radius 3 is 1.63 bits per heavy atom. The highest BCUT2D eigenvalue weighted by molar-refractivity contribution is 9.08. The summed E-state index contributed by atoms with van der Waals surface area (Å²) in [6.45, 7) is 10.9. The molecule has 2 aromatic carbocycles.